The predicted molar refractivity (Wildman–Crippen MR) is 111 cm³/mol. The fourth-order valence-electron chi connectivity index (χ4n) is 2.60. The first-order chi connectivity index (χ1) is 11.3. The quantitative estimate of drug-likeness (QED) is 0.373. The summed E-state index contributed by atoms with van der Waals surface area (Å²) in [5.41, 5.74) is 2.22. The second-order valence-electron chi connectivity index (χ2n) is 5.52. The summed E-state index contributed by atoms with van der Waals surface area (Å²) in [5.74, 6) is 4.08. The van der Waals surface area contributed by atoms with Crippen molar-refractivity contribution in [2.45, 2.75) is 25.4 Å². The van der Waals surface area contributed by atoms with Gasteiger partial charge in [-0.25, -0.2) is 4.98 Å². The average molecular weight is 458 g/mol. The number of aromatic amines is 1. The minimum Gasteiger partial charge on any atom is -0.353 e. The number of nitrogens with zero attached hydrogens (tertiary/aromatic N) is 3. The molecule has 0 aliphatic carbocycles. The van der Waals surface area contributed by atoms with E-state index in [1.54, 1.807) is 0 Å². The van der Waals surface area contributed by atoms with E-state index in [1.807, 2.05) is 30.9 Å². The summed E-state index contributed by atoms with van der Waals surface area (Å²) in [6, 6.07) is 8.77. The highest BCUT2D eigenvalue weighted by atomic mass is 127. The van der Waals surface area contributed by atoms with Crippen LogP contribution in [0.5, 0.6) is 0 Å². The van der Waals surface area contributed by atoms with Crippen LogP contribution in [-0.4, -0.2) is 45.7 Å². The van der Waals surface area contributed by atoms with Gasteiger partial charge in [-0.1, -0.05) is 18.2 Å². The molecule has 130 valence electrons. The molecular weight excluding hydrogens is 435 g/mol. The van der Waals surface area contributed by atoms with E-state index in [0.29, 0.717) is 6.04 Å². The van der Waals surface area contributed by atoms with Gasteiger partial charge in [-0.2, -0.15) is 16.9 Å². The monoisotopic (exact) mass is 458 g/mol. The summed E-state index contributed by atoms with van der Waals surface area (Å²) in [6.07, 6.45) is 4.02. The van der Waals surface area contributed by atoms with Crippen LogP contribution in [0.4, 0.5) is 0 Å². The number of thioether (sulfide) groups is 1. The van der Waals surface area contributed by atoms with Gasteiger partial charge in [0.2, 0.25) is 0 Å². The second-order valence-corrected chi connectivity index (χ2v) is 6.67. The molecule has 1 aromatic carbocycles. The lowest BCUT2D eigenvalue weighted by Crippen LogP contribution is -2.45. The molecule has 2 heterocycles. The Bertz CT molecular complexity index is 640. The zero-order chi connectivity index (χ0) is 15.9. The molecule has 8 heteroatoms. The highest BCUT2D eigenvalue weighted by Crippen LogP contribution is 2.17. The topological polar surface area (TPSA) is 78.0 Å². The predicted octanol–water partition coefficient (Wildman–Crippen LogP) is 2.65. The summed E-state index contributed by atoms with van der Waals surface area (Å²) in [6.45, 7) is 0.724. The normalized spacial score (nSPS) is 17.9. The van der Waals surface area contributed by atoms with Crippen LogP contribution < -0.4 is 10.6 Å². The molecule has 2 aromatic rings. The molecular formula is C16H23IN6S. The fraction of sp³-hybridized carbons (Fsp3) is 0.438. The van der Waals surface area contributed by atoms with E-state index < -0.39 is 0 Å². The highest BCUT2D eigenvalue weighted by molar-refractivity contribution is 14.0. The molecule has 0 bridgehead atoms. The number of rotatable bonds is 4. The molecule has 1 saturated heterocycles. The standard InChI is InChI=1S/C16H22N6S.HI/c1-17-16(21-14-6-3-7-23-10-14)18-9-12-4-2-5-13(8-12)15-19-11-20-22-15;/h2,4-5,8,11,14H,3,6-7,9-10H2,1H3,(H2,17,18,21)(H,19,20,22);1H. The van der Waals surface area contributed by atoms with Crippen LogP contribution in [0.1, 0.15) is 18.4 Å². The third-order valence-corrected chi connectivity index (χ3v) is 5.02. The van der Waals surface area contributed by atoms with Gasteiger partial charge in [0.15, 0.2) is 11.8 Å². The molecule has 1 unspecified atom stereocenters. The van der Waals surface area contributed by atoms with E-state index in [1.165, 1.54) is 30.5 Å². The molecule has 0 spiro atoms. The zero-order valence-corrected chi connectivity index (χ0v) is 16.8. The van der Waals surface area contributed by atoms with Crippen molar-refractivity contribution in [1.29, 1.82) is 0 Å². The lowest BCUT2D eigenvalue weighted by molar-refractivity contribution is 0.582. The molecule has 1 aliphatic heterocycles. The van der Waals surface area contributed by atoms with Gasteiger partial charge in [0.05, 0.1) is 0 Å². The summed E-state index contributed by atoms with van der Waals surface area (Å²) in [4.78, 5) is 8.52. The number of aromatic nitrogens is 3. The fourth-order valence-corrected chi connectivity index (χ4v) is 3.67. The molecule has 3 N–H and O–H groups in total. The van der Waals surface area contributed by atoms with Gasteiger partial charge in [0, 0.05) is 31.0 Å². The van der Waals surface area contributed by atoms with E-state index in [9.17, 15) is 0 Å². The number of nitrogens with one attached hydrogen (secondary N) is 3. The van der Waals surface area contributed by atoms with Crippen LogP contribution >= 0.6 is 35.7 Å². The molecule has 24 heavy (non-hydrogen) atoms. The molecule has 0 radical (unpaired) electrons. The number of hydrogen-bond acceptors (Lipinski definition) is 4. The Morgan fingerprint density at radius 1 is 1.46 bits per heavy atom. The maximum absolute atomic E-state index is 4.33. The molecule has 1 aromatic heterocycles. The maximum Gasteiger partial charge on any atom is 0.191 e. The van der Waals surface area contributed by atoms with Crippen molar-refractivity contribution < 1.29 is 0 Å². The van der Waals surface area contributed by atoms with Crippen LogP contribution in [0, 0.1) is 0 Å². The van der Waals surface area contributed by atoms with Crippen molar-refractivity contribution in [2.24, 2.45) is 4.99 Å². The van der Waals surface area contributed by atoms with E-state index in [-0.39, 0.29) is 24.0 Å². The Balaban J connectivity index is 0.00000208. The maximum atomic E-state index is 4.33. The van der Waals surface area contributed by atoms with Crippen LogP contribution in [0.15, 0.2) is 35.6 Å². The lowest BCUT2D eigenvalue weighted by atomic mass is 10.1. The van der Waals surface area contributed by atoms with Crippen molar-refractivity contribution in [3.63, 3.8) is 0 Å². The Labute approximate surface area is 163 Å². The third-order valence-electron chi connectivity index (χ3n) is 3.80. The first kappa shape index (κ1) is 19.0. The van der Waals surface area contributed by atoms with Gasteiger partial charge in [-0.15, -0.1) is 24.0 Å². The van der Waals surface area contributed by atoms with E-state index in [2.05, 4.69) is 42.9 Å². The second kappa shape index (κ2) is 9.87. The number of aliphatic imine (C=N–C) groups is 1. The van der Waals surface area contributed by atoms with Gasteiger partial charge in [-0.05, 0) is 30.2 Å². The van der Waals surface area contributed by atoms with Crippen molar-refractivity contribution >= 4 is 41.7 Å². The van der Waals surface area contributed by atoms with Gasteiger partial charge < -0.3 is 10.6 Å². The minimum absolute atomic E-state index is 0. The Hall–Kier alpha value is -1.29. The van der Waals surface area contributed by atoms with Crippen LogP contribution in [0.2, 0.25) is 0 Å². The van der Waals surface area contributed by atoms with Crippen molar-refractivity contribution in [3.8, 4) is 11.4 Å². The lowest BCUT2D eigenvalue weighted by Gasteiger charge is -2.24. The van der Waals surface area contributed by atoms with Gasteiger partial charge in [-0.3, -0.25) is 10.1 Å². The third kappa shape index (κ3) is 5.37. The molecule has 6 nitrogen and oxygen atoms in total. The summed E-state index contributed by atoms with van der Waals surface area (Å²) >= 11 is 2.01. The van der Waals surface area contributed by atoms with Crippen LogP contribution in [0.25, 0.3) is 11.4 Å². The average Bonchev–Trinajstić information content (AvgIpc) is 3.14. The first-order valence-corrected chi connectivity index (χ1v) is 9.00. The largest absolute Gasteiger partial charge is 0.353 e. The molecule has 1 atom stereocenters. The van der Waals surface area contributed by atoms with Gasteiger partial charge in [0.1, 0.15) is 6.33 Å². The molecule has 1 fully saturated rings. The van der Waals surface area contributed by atoms with E-state index >= 15 is 0 Å². The smallest absolute Gasteiger partial charge is 0.191 e. The summed E-state index contributed by atoms with van der Waals surface area (Å²) in [7, 11) is 1.82. The van der Waals surface area contributed by atoms with E-state index in [4.69, 9.17) is 0 Å². The number of benzene rings is 1. The molecule has 0 amide bonds. The Morgan fingerprint density at radius 3 is 3.08 bits per heavy atom. The molecule has 0 saturated carbocycles. The summed E-state index contributed by atoms with van der Waals surface area (Å²) < 4.78 is 0. The van der Waals surface area contributed by atoms with Crippen molar-refractivity contribution in [3.05, 3.63) is 36.2 Å². The number of H-pyrrole nitrogens is 1. The van der Waals surface area contributed by atoms with Crippen molar-refractivity contribution in [2.75, 3.05) is 18.6 Å². The van der Waals surface area contributed by atoms with Crippen LogP contribution in [-0.2, 0) is 6.54 Å². The number of halogens is 1. The number of hydrogen-bond donors (Lipinski definition) is 3. The highest BCUT2D eigenvalue weighted by Gasteiger charge is 2.14. The molecule has 3 rings (SSSR count). The first-order valence-electron chi connectivity index (χ1n) is 7.85. The van der Waals surface area contributed by atoms with Crippen LogP contribution in [0.3, 0.4) is 0 Å². The number of guanidine groups is 1. The van der Waals surface area contributed by atoms with Gasteiger partial charge in [0.25, 0.3) is 0 Å². The van der Waals surface area contributed by atoms with E-state index in [0.717, 1.165) is 29.6 Å². The summed E-state index contributed by atoms with van der Waals surface area (Å²) in [5, 5.41) is 13.7. The minimum atomic E-state index is 0. The molecule has 1 aliphatic rings. The Kier molecular flexibility index (Phi) is 7.83. The SMILES string of the molecule is CN=C(NCc1cccc(-c2ncn[nH]2)c1)NC1CCCSC1.I. The zero-order valence-electron chi connectivity index (χ0n) is 13.7. The Morgan fingerprint density at radius 2 is 2.38 bits per heavy atom. The van der Waals surface area contributed by atoms with Gasteiger partial charge >= 0.3 is 0 Å². The van der Waals surface area contributed by atoms with Crippen molar-refractivity contribution in [1.82, 2.24) is 25.8 Å².